The summed E-state index contributed by atoms with van der Waals surface area (Å²) in [5.41, 5.74) is 2.78. The van der Waals surface area contributed by atoms with E-state index in [0.29, 0.717) is 12.6 Å². The molecule has 0 aromatic heterocycles. The van der Waals surface area contributed by atoms with E-state index in [1.165, 1.54) is 11.1 Å². The number of nitrogens with zero attached hydrogens (tertiary/aromatic N) is 1. The zero-order valence-electron chi connectivity index (χ0n) is 16.0. The van der Waals surface area contributed by atoms with Gasteiger partial charge < -0.3 is 10.1 Å². The van der Waals surface area contributed by atoms with Crippen molar-refractivity contribution in [2.24, 2.45) is 0 Å². The molecule has 1 aliphatic carbocycles. The lowest BCUT2D eigenvalue weighted by Crippen LogP contribution is -2.40. The second kappa shape index (κ2) is 7.73. The average Bonchev–Trinajstić information content (AvgIpc) is 3.38. The van der Waals surface area contributed by atoms with Crippen LogP contribution in [0.25, 0.3) is 0 Å². The minimum atomic E-state index is 0.137. The Kier molecular flexibility index (Phi) is 5.17. The first-order chi connectivity index (χ1) is 13.2. The molecule has 1 atom stereocenters. The van der Waals surface area contributed by atoms with Gasteiger partial charge in [-0.1, -0.05) is 42.5 Å². The Morgan fingerprint density at radius 3 is 2.56 bits per heavy atom. The summed E-state index contributed by atoms with van der Waals surface area (Å²) in [5.74, 6) is 1.01. The fraction of sp³-hybridized carbons (Fsp3) is 0.435. The van der Waals surface area contributed by atoms with Gasteiger partial charge in [0.25, 0.3) is 0 Å². The molecule has 142 valence electrons. The van der Waals surface area contributed by atoms with E-state index in [9.17, 15) is 4.79 Å². The fourth-order valence-electron chi connectivity index (χ4n) is 4.24. The number of rotatable bonds is 7. The Labute approximate surface area is 161 Å². The first kappa shape index (κ1) is 18.1. The molecule has 2 aromatic rings. The normalized spacial score (nSPS) is 21.0. The molecule has 27 heavy (non-hydrogen) atoms. The summed E-state index contributed by atoms with van der Waals surface area (Å²) in [4.78, 5) is 14.9. The number of nitrogens with one attached hydrogen (secondary N) is 1. The highest BCUT2D eigenvalue weighted by atomic mass is 16.5. The lowest BCUT2D eigenvalue weighted by molar-refractivity contribution is -0.122. The van der Waals surface area contributed by atoms with Gasteiger partial charge in [0, 0.05) is 18.0 Å². The van der Waals surface area contributed by atoms with Crippen molar-refractivity contribution in [3.63, 3.8) is 0 Å². The van der Waals surface area contributed by atoms with Gasteiger partial charge >= 0.3 is 0 Å². The van der Waals surface area contributed by atoms with Gasteiger partial charge in [-0.25, -0.2) is 0 Å². The van der Waals surface area contributed by atoms with E-state index in [2.05, 4.69) is 46.6 Å². The molecule has 2 aromatic carbocycles. The smallest absolute Gasteiger partial charge is 0.234 e. The van der Waals surface area contributed by atoms with Crippen molar-refractivity contribution in [2.45, 2.75) is 37.1 Å². The van der Waals surface area contributed by atoms with Crippen LogP contribution in [0, 0.1) is 0 Å². The molecule has 4 nitrogen and oxygen atoms in total. The largest absolute Gasteiger partial charge is 0.497 e. The number of methoxy groups -OCH3 is 1. The number of carbonyl (C=O) groups excluding carboxylic acids is 1. The molecule has 0 radical (unpaired) electrons. The molecule has 1 amide bonds. The zero-order valence-corrected chi connectivity index (χ0v) is 16.0. The second-order valence-electron chi connectivity index (χ2n) is 7.82. The van der Waals surface area contributed by atoms with Gasteiger partial charge in [0.1, 0.15) is 5.75 Å². The number of hydrogen-bond acceptors (Lipinski definition) is 3. The third-order valence-corrected chi connectivity index (χ3v) is 6.07. The van der Waals surface area contributed by atoms with Gasteiger partial charge in [-0.3, -0.25) is 9.69 Å². The van der Waals surface area contributed by atoms with Gasteiger partial charge in [-0.2, -0.15) is 0 Å². The van der Waals surface area contributed by atoms with Crippen LogP contribution in [0.1, 0.15) is 42.9 Å². The van der Waals surface area contributed by atoms with Gasteiger partial charge in [-0.05, 0) is 55.5 Å². The quantitative estimate of drug-likeness (QED) is 0.815. The van der Waals surface area contributed by atoms with Crippen LogP contribution in [0.3, 0.4) is 0 Å². The van der Waals surface area contributed by atoms with Crippen LogP contribution in [0.2, 0.25) is 0 Å². The Balaban J connectivity index is 1.33. The van der Waals surface area contributed by atoms with Crippen molar-refractivity contribution in [3.05, 3.63) is 65.7 Å². The van der Waals surface area contributed by atoms with Crippen LogP contribution in [0.15, 0.2) is 54.6 Å². The predicted octanol–water partition coefficient (Wildman–Crippen LogP) is 3.68. The van der Waals surface area contributed by atoms with E-state index in [0.717, 1.165) is 44.5 Å². The van der Waals surface area contributed by atoms with Gasteiger partial charge in [-0.15, -0.1) is 0 Å². The van der Waals surface area contributed by atoms with E-state index in [1.54, 1.807) is 7.11 Å². The van der Waals surface area contributed by atoms with Crippen molar-refractivity contribution in [1.29, 1.82) is 0 Å². The van der Waals surface area contributed by atoms with E-state index < -0.39 is 0 Å². The van der Waals surface area contributed by atoms with Crippen molar-refractivity contribution in [2.75, 3.05) is 26.7 Å². The summed E-state index contributed by atoms with van der Waals surface area (Å²) >= 11 is 0. The molecular weight excluding hydrogens is 336 g/mol. The first-order valence-electron chi connectivity index (χ1n) is 9.90. The Morgan fingerprint density at radius 1 is 1.15 bits per heavy atom. The molecule has 2 aliphatic rings. The number of hydrogen-bond donors (Lipinski definition) is 1. The molecule has 2 fully saturated rings. The number of likely N-dealkylation sites (tertiary alicyclic amines) is 1. The molecule has 0 spiro atoms. The van der Waals surface area contributed by atoms with Crippen molar-refractivity contribution in [1.82, 2.24) is 10.2 Å². The van der Waals surface area contributed by atoms with Crippen molar-refractivity contribution < 1.29 is 9.53 Å². The second-order valence-corrected chi connectivity index (χ2v) is 7.82. The zero-order chi connectivity index (χ0) is 18.7. The molecule has 1 aliphatic heterocycles. The fourth-order valence-corrected chi connectivity index (χ4v) is 4.24. The molecule has 0 bridgehead atoms. The van der Waals surface area contributed by atoms with E-state index in [-0.39, 0.29) is 11.3 Å². The molecule has 1 unspecified atom stereocenters. The van der Waals surface area contributed by atoms with Gasteiger partial charge in [0.05, 0.1) is 13.7 Å². The average molecular weight is 364 g/mol. The van der Waals surface area contributed by atoms with Crippen molar-refractivity contribution in [3.8, 4) is 5.75 Å². The van der Waals surface area contributed by atoms with Crippen LogP contribution >= 0.6 is 0 Å². The Bertz CT molecular complexity index is 769. The van der Waals surface area contributed by atoms with Gasteiger partial charge in [0.15, 0.2) is 0 Å². The maximum Gasteiger partial charge on any atom is 0.234 e. The number of benzene rings is 2. The molecule has 1 saturated heterocycles. The molecule has 1 N–H and O–H groups in total. The topological polar surface area (TPSA) is 41.6 Å². The third-order valence-electron chi connectivity index (χ3n) is 6.07. The maximum atomic E-state index is 12.6. The highest BCUT2D eigenvalue weighted by Crippen LogP contribution is 2.47. The van der Waals surface area contributed by atoms with Crippen LogP contribution in [0.5, 0.6) is 5.75 Å². The first-order valence-corrected chi connectivity index (χ1v) is 9.90. The van der Waals surface area contributed by atoms with Crippen LogP contribution in [-0.4, -0.2) is 37.6 Å². The lowest BCUT2D eigenvalue weighted by atomic mass is 9.96. The lowest BCUT2D eigenvalue weighted by Gasteiger charge is -2.25. The summed E-state index contributed by atoms with van der Waals surface area (Å²) in [7, 11) is 1.68. The van der Waals surface area contributed by atoms with Crippen LogP contribution in [-0.2, 0) is 10.2 Å². The summed E-state index contributed by atoms with van der Waals surface area (Å²) < 4.78 is 5.25. The summed E-state index contributed by atoms with van der Waals surface area (Å²) in [6.07, 6.45) is 4.57. The number of amides is 1. The molecule has 1 saturated carbocycles. The standard InChI is InChI=1S/C23H28N2O2/c1-27-20-11-9-18(10-12-20)21-8-5-15-25(21)16-22(26)24-17-23(13-14-23)19-6-3-2-4-7-19/h2-4,6-7,9-12,21H,5,8,13-17H2,1H3,(H,24,26). The monoisotopic (exact) mass is 364 g/mol. The van der Waals surface area contributed by atoms with Crippen LogP contribution in [0.4, 0.5) is 0 Å². The number of carbonyl (C=O) groups is 1. The highest BCUT2D eigenvalue weighted by molar-refractivity contribution is 5.78. The molecule has 1 heterocycles. The molecule has 4 heteroatoms. The van der Waals surface area contributed by atoms with Crippen LogP contribution < -0.4 is 10.1 Å². The minimum absolute atomic E-state index is 0.137. The summed E-state index contributed by atoms with van der Waals surface area (Å²) in [6, 6.07) is 19.1. The van der Waals surface area contributed by atoms with E-state index in [4.69, 9.17) is 4.74 Å². The predicted molar refractivity (Wildman–Crippen MR) is 107 cm³/mol. The molecule has 4 rings (SSSR count). The maximum absolute atomic E-state index is 12.6. The molecular formula is C23H28N2O2. The highest BCUT2D eigenvalue weighted by Gasteiger charge is 2.44. The van der Waals surface area contributed by atoms with Crippen molar-refractivity contribution >= 4 is 5.91 Å². The minimum Gasteiger partial charge on any atom is -0.497 e. The SMILES string of the molecule is COc1ccc(C2CCCN2CC(=O)NCC2(c3ccccc3)CC2)cc1. The Hall–Kier alpha value is -2.33. The third kappa shape index (κ3) is 4.01. The number of ether oxygens (including phenoxy) is 1. The Morgan fingerprint density at radius 2 is 1.89 bits per heavy atom. The summed E-state index contributed by atoms with van der Waals surface area (Å²) in [5, 5.41) is 3.20. The summed E-state index contributed by atoms with van der Waals surface area (Å²) in [6.45, 7) is 2.20. The van der Waals surface area contributed by atoms with E-state index >= 15 is 0 Å². The van der Waals surface area contributed by atoms with E-state index in [1.807, 2.05) is 18.2 Å². The van der Waals surface area contributed by atoms with Gasteiger partial charge in [0.2, 0.25) is 5.91 Å².